The van der Waals surface area contributed by atoms with Gasteiger partial charge >= 0.3 is 12.2 Å². The molecular weight excluding hydrogens is 528 g/mol. The Hall–Kier alpha value is -4.28. The zero-order valence-corrected chi connectivity index (χ0v) is 24.6. The molecule has 2 aromatic rings. The minimum Gasteiger partial charge on any atom is -0.508 e. The van der Waals surface area contributed by atoms with Crippen LogP contribution in [0.15, 0.2) is 54.6 Å². The van der Waals surface area contributed by atoms with Crippen LogP contribution in [0.1, 0.15) is 52.7 Å². The summed E-state index contributed by atoms with van der Waals surface area (Å²) in [5, 5.41) is 20.2. The third-order valence-corrected chi connectivity index (χ3v) is 5.40. The van der Waals surface area contributed by atoms with Crippen molar-refractivity contribution in [2.45, 2.75) is 77.7 Å². The monoisotopic (exact) mass is 570 g/mol. The molecule has 0 aliphatic heterocycles. The van der Waals surface area contributed by atoms with Gasteiger partial charge < -0.3 is 35.8 Å². The van der Waals surface area contributed by atoms with E-state index in [1.165, 1.54) is 12.1 Å². The van der Waals surface area contributed by atoms with Crippen LogP contribution in [0.4, 0.5) is 9.59 Å². The SMILES string of the molecule is CC(C)(C)OC(=O)N[C@@H](Cc1ccccc1)C(=O)NCCNC(=O)[C@H](Cc1ccc(O)cc1)NC(=O)OC(C)(C)C. The summed E-state index contributed by atoms with van der Waals surface area (Å²) in [6.07, 6.45) is -1.07. The Bertz CT molecular complexity index is 1160. The maximum absolute atomic E-state index is 13.0. The van der Waals surface area contributed by atoms with Crippen LogP contribution >= 0.6 is 0 Å². The molecule has 0 aliphatic rings. The molecular formula is C30H42N4O7. The van der Waals surface area contributed by atoms with Gasteiger partial charge in [0.05, 0.1) is 0 Å². The number of phenols is 1. The van der Waals surface area contributed by atoms with Crippen molar-refractivity contribution in [1.82, 2.24) is 21.3 Å². The molecule has 2 atom stereocenters. The molecule has 2 aromatic carbocycles. The van der Waals surface area contributed by atoms with E-state index in [0.29, 0.717) is 5.56 Å². The summed E-state index contributed by atoms with van der Waals surface area (Å²) in [6, 6.07) is 13.6. The van der Waals surface area contributed by atoms with Crippen LogP contribution in [0.25, 0.3) is 0 Å². The summed E-state index contributed by atoms with van der Waals surface area (Å²) in [6.45, 7) is 10.5. The smallest absolute Gasteiger partial charge is 0.408 e. The lowest BCUT2D eigenvalue weighted by Gasteiger charge is -2.24. The highest BCUT2D eigenvalue weighted by Crippen LogP contribution is 2.13. The highest BCUT2D eigenvalue weighted by atomic mass is 16.6. The summed E-state index contributed by atoms with van der Waals surface area (Å²) in [4.78, 5) is 50.7. The number of hydrogen-bond acceptors (Lipinski definition) is 7. The third kappa shape index (κ3) is 13.6. The molecule has 11 nitrogen and oxygen atoms in total. The van der Waals surface area contributed by atoms with Crippen molar-refractivity contribution in [3.63, 3.8) is 0 Å². The highest BCUT2D eigenvalue weighted by Gasteiger charge is 2.26. The summed E-state index contributed by atoms with van der Waals surface area (Å²) in [7, 11) is 0. The fraction of sp³-hybridized carbons (Fsp3) is 0.467. The number of phenolic OH excluding ortho intramolecular Hbond substituents is 1. The number of hydrogen-bond donors (Lipinski definition) is 5. The lowest BCUT2D eigenvalue weighted by Crippen LogP contribution is -2.52. The molecule has 0 radical (unpaired) electrons. The number of rotatable bonds is 11. The molecule has 0 bridgehead atoms. The summed E-state index contributed by atoms with van der Waals surface area (Å²) < 4.78 is 10.6. The van der Waals surface area contributed by atoms with Crippen LogP contribution in [0.3, 0.4) is 0 Å². The first-order valence-electron chi connectivity index (χ1n) is 13.5. The first kappa shape index (κ1) is 32.9. The number of aromatic hydroxyl groups is 1. The van der Waals surface area contributed by atoms with E-state index in [4.69, 9.17) is 9.47 Å². The van der Waals surface area contributed by atoms with Crippen molar-refractivity contribution in [2.24, 2.45) is 0 Å². The van der Waals surface area contributed by atoms with Crippen LogP contribution in [0.5, 0.6) is 5.75 Å². The molecule has 41 heavy (non-hydrogen) atoms. The lowest BCUT2D eigenvalue weighted by molar-refractivity contribution is -0.124. The van der Waals surface area contributed by atoms with Crippen molar-refractivity contribution in [2.75, 3.05) is 13.1 Å². The van der Waals surface area contributed by atoms with Gasteiger partial charge in [-0.2, -0.15) is 0 Å². The zero-order valence-electron chi connectivity index (χ0n) is 24.6. The van der Waals surface area contributed by atoms with E-state index in [2.05, 4.69) is 21.3 Å². The first-order chi connectivity index (χ1) is 19.1. The van der Waals surface area contributed by atoms with Gasteiger partial charge in [-0.15, -0.1) is 0 Å². The zero-order chi connectivity index (χ0) is 30.6. The molecule has 0 saturated heterocycles. The third-order valence-electron chi connectivity index (χ3n) is 5.40. The molecule has 224 valence electrons. The van der Waals surface area contributed by atoms with E-state index in [1.54, 1.807) is 53.7 Å². The van der Waals surface area contributed by atoms with Gasteiger partial charge in [-0.3, -0.25) is 9.59 Å². The van der Waals surface area contributed by atoms with Gasteiger partial charge in [0, 0.05) is 25.9 Å². The Morgan fingerprint density at radius 2 is 1.05 bits per heavy atom. The van der Waals surface area contributed by atoms with Crippen molar-refractivity contribution in [3.05, 3.63) is 65.7 Å². The molecule has 0 heterocycles. The van der Waals surface area contributed by atoms with Gasteiger partial charge in [0.15, 0.2) is 0 Å². The quantitative estimate of drug-likeness (QED) is 0.260. The first-order valence-corrected chi connectivity index (χ1v) is 13.5. The number of ether oxygens (including phenoxy) is 2. The number of alkyl carbamates (subject to hydrolysis) is 2. The fourth-order valence-corrected chi connectivity index (χ4v) is 3.65. The van der Waals surface area contributed by atoms with Gasteiger partial charge in [-0.1, -0.05) is 42.5 Å². The molecule has 5 N–H and O–H groups in total. The summed E-state index contributed by atoms with van der Waals surface area (Å²) in [5.74, 6) is -0.843. The number of amides is 4. The van der Waals surface area contributed by atoms with E-state index in [1.807, 2.05) is 30.3 Å². The second kappa shape index (κ2) is 14.9. The van der Waals surface area contributed by atoms with Gasteiger partial charge in [0.1, 0.15) is 29.0 Å². The second-order valence-electron chi connectivity index (χ2n) is 11.5. The van der Waals surface area contributed by atoms with Crippen LogP contribution in [0, 0.1) is 0 Å². The maximum Gasteiger partial charge on any atom is 0.408 e. The molecule has 0 spiro atoms. The van der Waals surface area contributed by atoms with Crippen LogP contribution in [-0.2, 0) is 31.9 Å². The van der Waals surface area contributed by atoms with Crippen molar-refractivity contribution in [3.8, 4) is 5.75 Å². The van der Waals surface area contributed by atoms with Gasteiger partial charge in [-0.25, -0.2) is 9.59 Å². The topological polar surface area (TPSA) is 155 Å². The summed E-state index contributed by atoms with van der Waals surface area (Å²) in [5.41, 5.74) is 0.0792. The number of nitrogens with one attached hydrogen (secondary N) is 4. The minimum absolute atomic E-state index is 0.0666. The molecule has 4 amide bonds. The van der Waals surface area contributed by atoms with E-state index in [9.17, 15) is 24.3 Å². The van der Waals surface area contributed by atoms with E-state index < -0.39 is 47.3 Å². The average molecular weight is 571 g/mol. The Balaban J connectivity index is 1.99. The van der Waals surface area contributed by atoms with Crippen molar-refractivity contribution in [1.29, 1.82) is 0 Å². The number of carbonyl (C=O) groups is 4. The Labute approximate surface area is 241 Å². The number of carbonyl (C=O) groups excluding carboxylic acids is 4. The van der Waals surface area contributed by atoms with E-state index in [-0.39, 0.29) is 31.7 Å². The predicted molar refractivity (Wildman–Crippen MR) is 154 cm³/mol. The Morgan fingerprint density at radius 1 is 0.659 bits per heavy atom. The highest BCUT2D eigenvalue weighted by molar-refractivity contribution is 5.87. The normalized spacial score (nSPS) is 12.8. The molecule has 11 heteroatoms. The van der Waals surface area contributed by atoms with Gasteiger partial charge in [0.25, 0.3) is 0 Å². The fourth-order valence-electron chi connectivity index (χ4n) is 3.65. The van der Waals surface area contributed by atoms with Crippen LogP contribution < -0.4 is 21.3 Å². The second-order valence-corrected chi connectivity index (χ2v) is 11.5. The van der Waals surface area contributed by atoms with Crippen LogP contribution in [0.2, 0.25) is 0 Å². The Morgan fingerprint density at radius 3 is 1.44 bits per heavy atom. The molecule has 0 aromatic heterocycles. The molecule has 2 rings (SSSR count). The van der Waals surface area contributed by atoms with Crippen molar-refractivity contribution < 1.29 is 33.8 Å². The lowest BCUT2D eigenvalue weighted by atomic mass is 10.0. The standard InChI is InChI=1S/C30H42N4O7/c1-29(2,3)40-27(38)33-23(18-20-10-8-7-9-11-20)25(36)31-16-17-32-26(37)24(34-28(39)41-30(4,5)6)19-21-12-14-22(35)15-13-21/h7-15,23-24,35H,16-19H2,1-6H3,(H,31,36)(H,32,37)(H,33,38)(H,34,39)/t23-,24-/m0/s1. The molecule has 0 aliphatic carbocycles. The largest absolute Gasteiger partial charge is 0.508 e. The minimum atomic E-state index is -0.968. The summed E-state index contributed by atoms with van der Waals surface area (Å²) >= 11 is 0. The van der Waals surface area contributed by atoms with E-state index in [0.717, 1.165) is 5.56 Å². The van der Waals surface area contributed by atoms with Gasteiger partial charge in [0.2, 0.25) is 11.8 Å². The van der Waals surface area contributed by atoms with Gasteiger partial charge in [-0.05, 0) is 64.8 Å². The maximum atomic E-state index is 13.0. The molecule has 0 fully saturated rings. The average Bonchev–Trinajstić information content (AvgIpc) is 2.85. The van der Waals surface area contributed by atoms with Crippen molar-refractivity contribution >= 4 is 24.0 Å². The molecule has 0 unspecified atom stereocenters. The predicted octanol–water partition coefficient (Wildman–Crippen LogP) is 3.20. The molecule has 0 saturated carbocycles. The number of benzene rings is 2. The van der Waals surface area contributed by atoms with Crippen LogP contribution in [-0.4, -0.2) is 65.5 Å². The Kier molecular flexibility index (Phi) is 12.0. The van der Waals surface area contributed by atoms with E-state index >= 15 is 0 Å².